The topological polar surface area (TPSA) is 36.4 Å². The standard InChI is InChI=1S/C16H21ClN2OS/c1-10-16(21-12(3)18-10)11(2)19(4)9-15(20)13-6-5-7-14(17)8-13/h5-8,11,15,20H,9H2,1-4H3. The fourth-order valence-electron chi connectivity index (χ4n) is 2.38. The van der Waals surface area contributed by atoms with Gasteiger partial charge >= 0.3 is 0 Å². The number of aliphatic hydroxyl groups is 1. The van der Waals surface area contributed by atoms with Crippen molar-refractivity contribution < 1.29 is 5.11 Å². The molecule has 2 aromatic rings. The number of aromatic nitrogens is 1. The van der Waals surface area contributed by atoms with Gasteiger partial charge in [0.15, 0.2) is 0 Å². The molecule has 5 heteroatoms. The van der Waals surface area contributed by atoms with E-state index in [0.717, 1.165) is 16.3 Å². The Hall–Kier alpha value is -0.940. The molecule has 2 rings (SSSR count). The molecule has 3 nitrogen and oxygen atoms in total. The Bertz CT molecular complexity index is 614. The summed E-state index contributed by atoms with van der Waals surface area (Å²) in [5.74, 6) is 0. The Kier molecular flexibility index (Phi) is 5.38. The second kappa shape index (κ2) is 6.88. The van der Waals surface area contributed by atoms with Gasteiger partial charge in [-0.3, -0.25) is 4.90 Å². The Balaban J connectivity index is 2.06. The summed E-state index contributed by atoms with van der Waals surface area (Å²) in [6, 6.07) is 7.61. The number of hydrogen-bond acceptors (Lipinski definition) is 4. The van der Waals surface area contributed by atoms with E-state index in [-0.39, 0.29) is 6.04 Å². The lowest BCUT2D eigenvalue weighted by Gasteiger charge is -2.26. The van der Waals surface area contributed by atoms with Crippen molar-refractivity contribution in [3.8, 4) is 0 Å². The van der Waals surface area contributed by atoms with E-state index < -0.39 is 6.10 Å². The molecule has 0 saturated carbocycles. The Labute approximate surface area is 135 Å². The van der Waals surface area contributed by atoms with Crippen molar-refractivity contribution >= 4 is 22.9 Å². The molecule has 0 radical (unpaired) electrons. The van der Waals surface area contributed by atoms with Crippen LogP contribution in [0.3, 0.4) is 0 Å². The number of hydrogen-bond donors (Lipinski definition) is 1. The number of benzene rings is 1. The maximum absolute atomic E-state index is 10.4. The zero-order valence-electron chi connectivity index (χ0n) is 12.8. The summed E-state index contributed by atoms with van der Waals surface area (Å²) in [4.78, 5) is 7.88. The number of likely N-dealkylation sites (N-methyl/N-ethyl adjacent to an activating group) is 1. The second-order valence-corrected chi connectivity index (χ2v) is 7.04. The lowest BCUT2D eigenvalue weighted by atomic mass is 10.1. The first-order valence-electron chi connectivity index (χ1n) is 6.96. The van der Waals surface area contributed by atoms with Gasteiger partial charge in [-0.25, -0.2) is 4.98 Å². The van der Waals surface area contributed by atoms with E-state index in [1.165, 1.54) is 4.88 Å². The average Bonchev–Trinajstić information content (AvgIpc) is 2.76. The highest BCUT2D eigenvalue weighted by Gasteiger charge is 2.20. The fourth-order valence-corrected chi connectivity index (χ4v) is 3.63. The number of halogens is 1. The van der Waals surface area contributed by atoms with E-state index >= 15 is 0 Å². The van der Waals surface area contributed by atoms with Gasteiger partial charge in [-0.05, 0) is 45.5 Å². The highest BCUT2D eigenvalue weighted by molar-refractivity contribution is 7.11. The van der Waals surface area contributed by atoms with Gasteiger partial charge in [0.25, 0.3) is 0 Å². The molecule has 2 unspecified atom stereocenters. The number of aryl methyl sites for hydroxylation is 2. The summed E-state index contributed by atoms with van der Waals surface area (Å²) in [5.41, 5.74) is 1.92. The largest absolute Gasteiger partial charge is 0.387 e. The molecule has 0 fully saturated rings. The minimum atomic E-state index is -0.550. The van der Waals surface area contributed by atoms with Crippen molar-refractivity contribution in [3.63, 3.8) is 0 Å². The van der Waals surface area contributed by atoms with E-state index in [9.17, 15) is 5.11 Å². The highest BCUT2D eigenvalue weighted by Crippen LogP contribution is 2.29. The van der Waals surface area contributed by atoms with Gasteiger partial charge in [-0.1, -0.05) is 23.7 Å². The molecule has 21 heavy (non-hydrogen) atoms. The van der Waals surface area contributed by atoms with Crippen LogP contribution in [0.25, 0.3) is 0 Å². The van der Waals surface area contributed by atoms with Gasteiger partial charge in [-0.2, -0.15) is 0 Å². The molecule has 114 valence electrons. The summed E-state index contributed by atoms with van der Waals surface area (Å²) in [6.45, 7) is 6.76. The number of thiazole rings is 1. The van der Waals surface area contributed by atoms with Crippen molar-refractivity contribution in [3.05, 3.63) is 50.4 Å². The van der Waals surface area contributed by atoms with E-state index in [1.807, 2.05) is 45.2 Å². The van der Waals surface area contributed by atoms with Crippen LogP contribution in [0, 0.1) is 13.8 Å². The molecule has 0 aliphatic carbocycles. The lowest BCUT2D eigenvalue weighted by molar-refractivity contribution is 0.109. The van der Waals surface area contributed by atoms with Crippen LogP contribution in [-0.4, -0.2) is 28.6 Å². The van der Waals surface area contributed by atoms with Gasteiger partial charge in [-0.15, -0.1) is 11.3 Å². The van der Waals surface area contributed by atoms with Crippen molar-refractivity contribution in [1.82, 2.24) is 9.88 Å². The van der Waals surface area contributed by atoms with Gasteiger partial charge in [0.1, 0.15) is 0 Å². The van der Waals surface area contributed by atoms with Crippen LogP contribution in [0.5, 0.6) is 0 Å². The maximum Gasteiger partial charge on any atom is 0.0917 e. The van der Waals surface area contributed by atoms with E-state index in [1.54, 1.807) is 11.3 Å². The number of nitrogens with zero attached hydrogens (tertiary/aromatic N) is 2. The highest BCUT2D eigenvalue weighted by atomic mass is 35.5. The van der Waals surface area contributed by atoms with Crippen LogP contribution in [0.1, 0.15) is 40.2 Å². The maximum atomic E-state index is 10.4. The molecule has 2 atom stereocenters. The van der Waals surface area contributed by atoms with Gasteiger partial charge < -0.3 is 5.11 Å². The second-order valence-electron chi connectivity index (χ2n) is 5.37. The summed E-state index contributed by atoms with van der Waals surface area (Å²) in [7, 11) is 2.02. The lowest BCUT2D eigenvalue weighted by Crippen LogP contribution is -2.27. The molecule has 0 amide bonds. The van der Waals surface area contributed by atoms with Gasteiger partial charge in [0.2, 0.25) is 0 Å². The van der Waals surface area contributed by atoms with Crippen LogP contribution in [0.4, 0.5) is 0 Å². The molecule has 0 saturated heterocycles. The minimum Gasteiger partial charge on any atom is -0.387 e. The number of rotatable bonds is 5. The predicted octanol–water partition coefficient (Wildman–Crippen LogP) is 4.14. The average molecular weight is 325 g/mol. The minimum absolute atomic E-state index is 0.227. The monoisotopic (exact) mass is 324 g/mol. The van der Waals surface area contributed by atoms with E-state index in [2.05, 4.69) is 16.8 Å². The molecule has 1 N–H and O–H groups in total. The Morgan fingerprint density at radius 2 is 2.10 bits per heavy atom. The van der Waals surface area contributed by atoms with Gasteiger partial charge in [0, 0.05) is 22.5 Å². The molecule has 1 aromatic carbocycles. The van der Waals surface area contributed by atoms with Crippen molar-refractivity contribution in [2.24, 2.45) is 0 Å². The van der Waals surface area contributed by atoms with Gasteiger partial charge in [0.05, 0.1) is 16.8 Å². The van der Waals surface area contributed by atoms with Crippen molar-refractivity contribution in [2.45, 2.75) is 32.9 Å². The SMILES string of the molecule is Cc1nc(C)c(C(C)N(C)CC(O)c2cccc(Cl)c2)s1. The summed E-state index contributed by atoms with van der Waals surface area (Å²) in [5, 5.41) is 12.1. The molecule has 0 aliphatic heterocycles. The fraction of sp³-hybridized carbons (Fsp3) is 0.438. The summed E-state index contributed by atoms with van der Waals surface area (Å²) >= 11 is 7.70. The van der Waals surface area contributed by atoms with Crippen LogP contribution in [0.2, 0.25) is 5.02 Å². The van der Waals surface area contributed by atoms with Crippen molar-refractivity contribution in [1.29, 1.82) is 0 Å². The molecule has 0 bridgehead atoms. The van der Waals surface area contributed by atoms with Crippen LogP contribution < -0.4 is 0 Å². The van der Waals surface area contributed by atoms with Crippen LogP contribution in [0.15, 0.2) is 24.3 Å². The zero-order valence-corrected chi connectivity index (χ0v) is 14.4. The molecule has 1 heterocycles. The Morgan fingerprint density at radius 3 is 2.67 bits per heavy atom. The first kappa shape index (κ1) is 16.4. The third-order valence-electron chi connectivity index (χ3n) is 3.67. The molecule has 0 spiro atoms. The third kappa shape index (κ3) is 4.04. The molecule has 0 aliphatic rings. The normalized spacial score (nSPS) is 14.4. The first-order chi connectivity index (χ1) is 9.88. The van der Waals surface area contributed by atoms with E-state index in [0.29, 0.717) is 11.6 Å². The number of aliphatic hydroxyl groups excluding tert-OH is 1. The first-order valence-corrected chi connectivity index (χ1v) is 8.15. The zero-order chi connectivity index (χ0) is 15.6. The summed E-state index contributed by atoms with van der Waals surface area (Å²) < 4.78 is 0. The molecule has 1 aromatic heterocycles. The van der Waals surface area contributed by atoms with Crippen molar-refractivity contribution in [2.75, 3.05) is 13.6 Å². The predicted molar refractivity (Wildman–Crippen MR) is 89.0 cm³/mol. The van der Waals surface area contributed by atoms with E-state index in [4.69, 9.17) is 11.6 Å². The smallest absolute Gasteiger partial charge is 0.0917 e. The van der Waals surface area contributed by atoms with Crippen LogP contribution in [-0.2, 0) is 0 Å². The molecular weight excluding hydrogens is 304 g/mol. The quantitative estimate of drug-likeness (QED) is 0.898. The van der Waals surface area contributed by atoms with Crippen LogP contribution >= 0.6 is 22.9 Å². The third-order valence-corrected chi connectivity index (χ3v) is 5.15. The molecular formula is C16H21ClN2OS. The Morgan fingerprint density at radius 1 is 1.38 bits per heavy atom. The summed E-state index contributed by atoms with van der Waals surface area (Å²) in [6.07, 6.45) is -0.550.